The van der Waals surface area contributed by atoms with Gasteiger partial charge in [0.2, 0.25) is 5.91 Å². The van der Waals surface area contributed by atoms with Crippen molar-refractivity contribution in [1.29, 1.82) is 0 Å². The standard InChI is InChI=1S/C14H23NO3/c1-2-11-7-14(18-8-11)4-5-15(10-14)13(16)12-3-6-17-9-12/h11-12H,2-10H2,1H3. The van der Waals surface area contributed by atoms with Crippen molar-refractivity contribution in [1.82, 2.24) is 4.90 Å². The summed E-state index contributed by atoms with van der Waals surface area (Å²) in [6.07, 6.45) is 4.23. The predicted octanol–water partition coefficient (Wildman–Crippen LogP) is 1.44. The molecule has 102 valence electrons. The van der Waals surface area contributed by atoms with Crippen molar-refractivity contribution < 1.29 is 14.3 Å². The molecule has 1 amide bonds. The lowest BCUT2D eigenvalue weighted by Gasteiger charge is -2.24. The number of hydrogen-bond donors (Lipinski definition) is 0. The highest BCUT2D eigenvalue weighted by Crippen LogP contribution is 2.39. The Balaban J connectivity index is 1.59. The van der Waals surface area contributed by atoms with Gasteiger partial charge in [-0.3, -0.25) is 4.79 Å². The molecule has 3 heterocycles. The van der Waals surface area contributed by atoms with E-state index in [4.69, 9.17) is 9.47 Å². The van der Waals surface area contributed by atoms with Crippen LogP contribution >= 0.6 is 0 Å². The molecule has 0 aliphatic carbocycles. The van der Waals surface area contributed by atoms with E-state index < -0.39 is 0 Å². The van der Waals surface area contributed by atoms with E-state index >= 15 is 0 Å². The molecule has 0 bridgehead atoms. The Morgan fingerprint density at radius 3 is 3.00 bits per heavy atom. The van der Waals surface area contributed by atoms with Gasteiger partial charge in [-0.05, 0) is 25.2 Å². The fraction of sp³-hybridized carbons (Fsp3) is 0.929. The second kappa shape index (κ2) is 4.82. The number of rotatable bonds is 2. The van der Waals surface area contributed by atoms with Crippen LogP contribution in [-0.4, -0.2) is 49.3 Å². The summed E-state index contributed by atoms with van der Waals surface area (Å²) in [5.74, 6) is 1.08. The zero-order valence-electron chi connectivity index (χ0n) is 11.2. The van der Waals surface area contributed by atoms with Crippen LogP contribution in [-0.2, 0) is 14.3 Å². The smallest absolute Gasteiger partial charge is 0.228 e. The second-order valence-corrected chi connectivity index (χ2v) is 6.04. The molecule has 4 nitrogen and oxygen atoms in total. The predicted molar refractivity (Wildman–Crippen MR) is 67.2 cm³/mol. The van der Waals surface area contributed by atoms with Crippen LogP contribution in [0.15, 0.2) is 0 Å². The Bertz CT molecular complexity index is 327. The van der Waals surface area contributed by atoms with E-state index in [2.05, 4.69) is 6.92 Å². The molecule has 0 radical (unpaired) electrons. The zero-order chi connectivity index (χ0) is 12.6. The number of carbonyl (C=O) groups is 1. The van der Waals surface area contributed by atoms with Gasteiger partial charge in [-0.2, -0.15) is 0 Å². The Morgan fingerprint density at radius 1 is 1.44 bits per heavy atom. The SMILES string of the molecule is CCC1COC2(CCN(C(=O)C3CCOC3)C2)C1. The molecule has 1 spiro atoms. The number of ether oxygens (including phenoxy) is 2. The van der Waals surface area contributed by atoms with Gasteiger partial charge in [0.05, 0.1) is 24.7 Å². The maximum Gasteiger partial charge on any atom is 0.228 e. The fourth-order valence-corrected chi connectivity index (χ4v) is 3.51. The first-order chi connectivity index (χ1) is 8.72. The van der Waals surface area contributed by atoms with Crippen molar-refractivity contribution in [3.05, 3.63) is 0 Å². The highest BCUT2D eigenvalue weighted by atomic mass is 16.5. The minimum atomic E-state index is -0.0181. The average Bonchev–Trinajstić information content (AvgIpc) is 3.10. The van der Waals surface area contributed by atoms with Crippen LogP contribution in [0.1, 0.15) is 32.6 Å². The minimum absolute atomic E-state index is 0.0181. The third-order valence-corrected chi connectivity index (χ3v) is 4.77. The summed E-state index contributed by atoms with van der Waals surface area (Å²) in [7, 11) is 0. The number of nitrogens with zero attached hydrogens (tertiary/aromatic N) is 1. The van der Waals surface area contributed by atoms with Crippen LogP contribution in [0.2, 0.25) is 0 Å². The summed E-state index contributed by atoms with van der Waals surface area (Å²) in [6, 6.07) is 0. The van der Waals surface area contributed by atoms with Gasteiger partial charge < -0.3 is 14.4 Å². The Hall–Kier alpha value is -0.610. The van der Waals surface area contributed by atoms with E-state index in [0.717, 1.165) is 45.6 Å². The van der Waals surface area contributed by atoms with Crippen molar-refractivity contribution in [2.75, 3.05) is 32.9 Å². The van der Waals surface area contributed by atoms with Gasteiger partial charge in [0, 0.05) is 19.7 Å². The lowest BCUT2D eigenvalue weighted by molar-refractivity contribution is -0.135. The summed E-state index contributed by atoms with van der Waals surface area (Å²) in [4.78, 5) is 14.3. The number of amides is 1. The van der Waals surface area contributed by atoms with Gasteiger partial charge in [-0.25, -0.2) is 0 Å². The van der Waals surface area contributed by atoms with Crippen LogP contribution in [0.4, 0.5) is 0 Å². The van der Waals surface area contributed by atoms with Crippen LogP contribution in [0.5, 0.6) is 0 Å². The zero-order valence-corrected chi connectivity index (χ0v) is 11.2. The summed E-state index contributed by atoms with van der Waals surface area (Å²) < 4.78 is 11.3. The molecule has 0 aromatic heterocycles. The molecule has 3 atom stereocenters. The maximum absolute atomic E-state index is 12.3. The van der Waals surface area contributed by atoms with Gasteiger partial charge >= 0.3 is 0 Å². The molecule has 0 saturated carbocycles. The third-order valence-electron chi connectivity index (χ3n) is 4.77. The van der Waals surface area contributed by atoms with Gasteiger partial charge in [-0.15, -0.1) is 0 Å². The molecule has 3 fully saturated rings. The van der Waals surface area contributed by atoms with E-state index in [9.17, 15) is 4.79 Å². The summed E-state index contributed by atoms with van der Waals surface area (Å²) in [5, 5.41) is 0. The molecule has 3 aliphatic rings. The van der Waals surface area contributed by atoms with E-state index in [1.54, 1.807) is 0 Å². The molecule has 3 rings (SSSR count). The molecule has 18 heavy (non-hydrogen) atoms. The first-order valence-electron chi connectivity index (χ1n) is 7.23. The Kier molecular flexibility index (Phi) is 3.32. The van der Waals surface area contributed by atoms with Crippen molar-refractivity contribution in [3.8, 4) is 0 Å². The quantitative estimate of drug-likeness (QED) is 0.747. The summed E-state index contributed by atoms with van der Waals surface area (Å²) in [6.45, 7) is 6.13. The normalized spacial score (nSPS) is 39.9. The van der Waals surface area contributed by atoms with Crippen molar-refractivity contribution in [3.63, 3.8) is 0 Å². The van der Waals surface area contributed by atoms with Crippen LogP contribution in [0.25, 0.3) is 0 Å². The highest BCUT2D eigenvalue weighted by Gasteiger charge is 2.47. The van der Waals surface area contributed by atoms with E-state index in [1.807, 2.05) is 4.90 Å². The van der Waals surface area contributed by atoms with E-state index in [0.29, 0.717) is 12.5 Å². The number of hydrogen-bond acceptors (Lipinski definition) is 3. The lowest BCUT2D eigenvalue weighted by Crippen LogP contribution is -2.39. The van der Waals surface area contributed by atoms with E-state index in [-0.39, 0.29) is 17.4 Å². The molecule has 0 aromatic rings. The molecule has 3 unspecified atom stereocenters. The first kappa shape index (κ1) is 12.4. The lowest BCUT2D eigenvalue weighted by atomic mass is 9.92. The number of carbonyl (C=O) groups excluding carboxylic acids is 1. The maximum atomic E-state index is 12.3. The summed E-state index contributed by atoms with van der Waals surface area (Å²) in [5.41, 5.74) is -0.0181. The van der Waals surface area contributed by atoms with Crippen LogP contribution < -0.4 is 0 Å². The molecular weight excluding hydrogens is 230 g/mol. The van der Waals surface area contributed by atoms with Crippen LogP contribution in [0, 0.1) is 11.8 Å². The third kappa shape index (κ3) is 2.16. The topological polar surface area (TPSA) is 38.8 Å². The molecule has 3 aliphatic heterocycles. The minimum Gasteiger partial charge on any atom is -0.381 e. The molecule has 0 N–H and O–H groups in total. The van der Waals surface area contributed by atoms with Crippen molar-refractivity contribution >= 4 is 5.91 Å². The Morgan fingerprint density at radius 2 is 2.33 bits per heavy atom. The molecule has 3 saturated heterocycles. The summed E-state index contributed by atoms with van der Waals surface area (Å²) >= 11 is 0. The average molecular weight is 253 g/mol. The fourth-order valence-electron chi connectivity index (χ4n) is 3.51. The molecule has 4 heteroatoms. The van der Waals surface area contributed by atoms with E-state index in [1.165, 1.54) is 6.42 Å². The number of likely N-dealkylation sites (tertiary alicyclic amines) is 1. The van der Waals surface area contributed by atoms with Gasteiger partial charge in [-0.1, -0.05) is 13.3 Å². The molecular formula is C14H23NO3. The van der Waals surface area contributed by atoms with Crippen molar-refractivity contribution in [2.45, 2.75) is 38.2 Å². The molecule has 0 aromatic carbocycles. The van der Waals surface area contributed by atoms with Gasteiger partial charge in [0.15, 0.2) is 0 Å². The first-order valence-corrected chi connectivity index (χ1v) is 7.23. The highest BCUT2D eigenvalue weighted by molar-refractivity contribution is 5.79. The largest absolute Gasteiger partial charge is 0.381 e. The second-order valence-electron chi connectivity index (χ2n) is 6.04. The van der Waals surface area contributed by atoms with Crippen LogP contribution in [0.3, 0.4) is 0 Å². The van der Waals surface area contributed by atoms with Gasteiger partial charge in [0.1, 0.15) is 0 Å². The van der Waals surface area contributed by atoms with Gasteiger partial charge in [0.25, 0.3) is 0 Å². The monoisotopic (exact) mass is 253 g/mol. The Labute approximate surface area is 109 Å². The van der Waals surface area contributed by atoms with Crippen molar-refractivity contribution in [2.24, 2.45) is 11.8 Å².